The Balaban J connectivity index is 1.82. The van der Waals surface area contributed by atoms with Crippen molar-refractivity contribution in [1.29, 1.82) is 0 Å². The SMILES string of the molecule is CCN(Cc1ccc2c(c1)OCO2)C(=O)c1cc(OC)cc(OC)c1. The van der Waals surface area contributed by atoms with Crippen molar-refractivity contribution in [3.05, 3.63) is 47.5 Å². The van der Waals surface area contributed by atoms with Crippen molar-refractivity contribution in [1.82, 2.24) is 4.90 Å². The second-order valence-electron chi connectivity index (χ2n) is 5.61. The summed E-state index contributed by atoms with van der Waals surface area (Å²) in [4.78, 5) is 14.7. The van der Waals surface area contributed by atoms with Crippen molar-refractivity contribution in [2.45, 2.75) is 13.5 Å². The molecule has 3 rings (SSSR count). The van der Waals surface area contributed by atoms with Gasteiger partial charge in [0.15, 0.2) is 11.5 Å². The van der Waals surface area contributed by atoms with Gasteiger partial charge in [-0.3, -0.25) is 4.79 Å². The van der Waals surface area contributed by atoms with E-state index in [2.05, 4.69) is 0 Å². The Morgan fingerprint density at radius 3 is 2.36 bits per heavy atom. The van der Waals surface area contributed by atoms with Gasteiger partial charge in [-0.2, -0.15) is 0 Å². The molecule has 2 aromatic rings. The quantitative estimate of drug-likeness (QED) is 0.807. The summed E-state index contributed by atoms with van der Waals surface area (Å²) < 4.78 is 21.2. The summed E-state index contributed by atoms with van der Waals surface area (Å²) in [7, 11) is 3.13. The molecular weight excluding hydrogens is 322 g/mol. The van der Waals surface area contributed by atoms with Crippen molar-refractivity contribution in [2.24, 2.45) is 0 Å². The molecule has 0 fully saturated rings. The van der Waals surface area contributed by atoms with Crippen LogP contribution in [0.15, 0.2) is 36.4 Å². The number of rotatable bonds is 6. The van der Waals surface area contributed by atoms with E-state index in [1.165, 1.54) is 0 Å². The average molecular weight is 343 g/mol. The third kappa shape index (κ3) is 3.63. The van der Waals surface area contributed by atoms with Crippen LogP contribution in [0.1, 0.15) is 22.8 Å². The molecule has 1 aliphatic rings. The first kappa shape index (κ1) is 17.0. The van der Waals surface area contributed by atoms with E-state index in [9.17, 15) is 4.79 Å². The fourth-order valence-electron chi connectivity index (χ4n) is 2.70. The third-order valence-electron chi connectivity index (χ3n) is 4.08. The molecule has 2 aromatic carbocycles. The smallest absolute Gasteiger partial charge is 0.254 e. The van der Waals surface area contributed by atoms with Gasteiger partial charge < -0.3 is 23.8 Å². The minimum Gasteiger partial charge on any atom is -0.497 e. The number of methoxy groups -OCH3 is 2. The zero-order valence-corrected chi connectivity index (χ0v) is 14.6. The van der Waals surface area contributed by atoms with E-state index in [0.717, 1.165) is 11.3 Å². The van der Waals surface area contributed by atoms with Gasteiger partial charge in [0.05, 0.1) is 14.2 Å². The van der Waals surface area contributed by atoms with Crippen LogP contribution >= 0.6 is 0 Å². The lowest BCUT2D eigenvalue weighted by Crippen LogP contribution is -2.30. The van der Waals surface area contributed by atoms with E-state index >= 15 is 0 Å². The number of benzene rings is 2. The number of amides is 1. The molecule has 6 nitrogen and oxygen atoms in total. The Kier molecular flexibility index (Phi) is 4.97. The van der Waals surface area contributed by atoms with Gasteiger partial charge in [0.25, 0.3) is 5.91 Å². The van der Waals surface area contributed by atoms with Gasteiger partial charge in [-0.15, -0.1) is 0 Å². The van der Waals surface area contributed by atoms with Crippen LogP contribution in [0.25, 0.3) is 0 Å². The summed E-state index contributed by atoms with van der Waals surface area (Å²) in [6.07, 6.45) is 0. The normalized spacial score (nSPS) is 12.0. The summed E-state index contributed by atoms with van der Waals surface area (Å²) in [5, 5.41) is 0. The van der Waals surface area contributed by atoms with Crippen LogP contribution in [0.2, 0.25) is 0 Å². The lowest BCUT2D eigenvalue weighted by Gasteiger charge is -2.22. The van der Waals surface area contributed by atoms with Crippen LogP contribution in [0, 0.1) is 0 Å². The zero-order chi connectivity index (χ0) is 17.8. The maximum atomic E-state index is 12.9. The Morgan fingerprint density at radius 2 is 1.72 bits per heavy atom. The molecule has 0 bridgehead atoms. The van der Waals surface area contributed by atoms with E-state index in [0.29, 0.717) is 35.9 Å². The lowest BCUT2D eigenvalue weighted by molar-refractivity contribution is 0.0751. The number of hydrogen-bond donors (Lipinski definition) is 0. The van der Waals surface area contributed by atoms with Crippen LogP contribution < -0.4 is 18.9 Å². The predicted molar refractivity (Wildman–Crippen MR) is 92.5 cm³/mol. The van der Waals surface area contributed by atoms with E-state index < -0.39 is 0 Å². The van der Waals surface area contributed by atoms with Crippen molar-refractivity contribution < 1.29 is 23.7 Å². The molecule has 1 aliphatic heterocycles. The Bertz CT molecular complexity index is 752. The van der Waals surface area contributed by atoms with Crippen LogP contribution in [0.4, 0.5) is 0 Å². The highest BCUT2D eigenvalue weighted by Gasteiger charge is 2.19. The van der Waals surface area contributed by atoms with Gasteiger partial charge in [-0.25, -0.2) is 0 Å². The van der Waals surface area contributed by atoms with Crippen LogP contribution in [-0.4, -0.2) is 38.4 Å². The van der Waals surface area contributed by atoms with Crippen LogP contribution in [0.5, 0.6) is 23.0 Å². The van der Waals surface area contributed by atoms with Crippen molar-refractivity contribution in [3.63, 3.8) is 0 Å². The van der Waals surface area contributed by atoms with E-state index in [1.807, 2.05) is 25.1 Å². The minimum absolute atomic E-state index is 0.0858. The second kappa shape index (κ2) is 7.34. The first-order valence-electron chi connectivity index (χ1n) is 8.05. The first-order valence-corrected chi connectivity index (χ1v) is 8.05. The molecule has 0 aliphatic carbocycles. The third-order valence-corrected chi connectivity index (χ3v) is 4.08. The monoisotopic (exact) mass is 343 g/mol. The van der Waals surface area contributed by atoms with Crippen LogP contribution in [-0.2, 0) is 6.54 Å². The highest BCUT2D eigenvalue weighted by Crippen LogP contribution is 2.33. The molecule has 0 saturated carbocycles. The highest BCUT2D eigenvalue weighted by molar-refractivity contribution is 5.95. The minimum atomic E-state index is -0.0858. The lowest BCUT2D eigenvalue weighted by atomic mass is 10.1. The van der Waals surface area contributed by atoms with Gasteiger partial charge in [0.1, 0.15) is 11.5 Å². The predicted octanol–water partition coefficient (Wildman–Crippen LogP) is 3.09. The largest absolute Gasteiger partial charge is 0.497 e. The fourth-order valence-corrected chi connectivity index (χ4v) is 2.70. The number of ether oxygens (including phenoxy) is 4. The van der Waals surface area contributed by atoms with Crippen molar-refractivity contribution in [2.75, 3.05) is 27.6 Å². The van der Waals surface area contributed by atoms with Gasteiger partial charge in [0, 0.05) is 24.7 Å². The number of carbonyl (C=O) groups is 1. The Labute approximate surface area is 146 Å². The summed E-state index contributed by atoms with van der Waals surface area (Å²) in [6, 6.07) is 10.9. The molecule has 0 spiro atoms. The summed E-state index contributed by atoms with van der Waals surface area (Å²) in [6.45, 7) is 3.24. The molecule has 0 N–H and O–H groups in total. The van der Waals surface area contributed by atoms with Gasteiger partial charge in [-0.1, -0.05) is 6.07 Å². The maximum Gasteiger partial charge on any atom is 0.254 e. The molecule has 0 radical (unpaired) electrons. The summed E-state index contributed by atoms with van der Waals surface area (Å²) in [5.41, 5.74) is 1.51. The Hall–Kier alpha value is -2.89. The molecule has 1 heterocycles. The average Bonchev–Trinajstić information content (AvgIpc) is 3.12. The molecule has 132 valence electrons. The van der Waals surface area contributed by atoms with Gasteiger partial charge >= 0.3 is 0 Å². The van der Waals surface area contributed by atoms with Crippen molar-refractivity contribution >= 4 is 5.91 Å². The number of fused-ring (bicyclic) bond motifs is 1. The molecule has 0 aromatic heterocycles. The van der Waals surface area contributed by atoms with E-state index in [1.54, 1.807) is 37.3 Å². The van der Waals surface area contributed by atoms with E-state index in [-0.39, 0.29) is 12.7 Å². The summed E-state index contributed by atoms with van der Waals surface area (Å²) >= 11 is 0. The highest BCUT2D eigenvalue weighted by atomic mass is 16.7. The molecule has 0 atom stereocenters. The molecule has 0 saturated heterocycles. The molecule has 1 amide bonds. The van der Waals surface area contributed by atoms with Crippen LogP contribution in [0.3, 0.4) is 0 Å². The van der Waals surface area contributed by atoms with Gasteiger partial charge in [-0.05, 0) is 36.8 Å². The second-order valence-corrected chi connectivity index (χ2v) is 5.61. The molecular formula is C19H21NO5. The zero-order valence-electron chi connectivity index (χ0n) is 14.6. The molecule has 25 heavy (non-hydrogen) atoms. The standard InChI is InChI=1S/C19H21NO5/c1-4-20(11-13-5-6-17-18(7-13)25-12-24-17)19(21)14-8-15(22-2)10-16(9-14)23-3/h5-10H,4,11-12H2,1-3H3. The molecule has 6 heteroatoms. The Morgan fingerprint density at radius 1 is 1.04 bits per heavy atom. The van der Waals surface area contributed by atoms with E-state index in [4.69, 9.17) is 18.9 Å². The molecule has 0 unspecified atom stereocenters. The van der Waals surface area contributed by atoms with Gasteiger partial charge in [0.2, 0.25) is 6.79 Å². The number of carbonyl (C=O) groups excluding carboxylic acids is 1. The number of hydrogen-bond acceptors (Lipinski definition) is 5. The number of nitrogens with zero attached hydrogens (tertiary/aromatic N) is 1. The first-order chi connectivity index (χ1) is 12.1. The fraction of sp³-hybridized carbons (Fsp3) is 0.316. The maximum absolute atomic E-state index is 12.9. The summed E-state index contributed by atoms with van der Waals surface area (Å²) in [5.74, 6) is 2.53. The topological polar surface area (TPSA) is 57.2 Å². The van der Waals surface area contributed by atoms with Crippen molar-refractivity contribution in [3.8, 4) is 23.0 Å².